The van der Waals surface area contributed by atoms with E-state index in [1.807, 2.05) is 12.1 Å². The fourth-order valence-corrected chi connectivity index (χ4v) is 3.22. The average molecular weight is 349 g/mol. The Labute approximate surface area is 149 Å². The van der Waals surface area contributed by atoms with Crippen molar-refractivity contribution in [3.05, 3.63) is 35.6 Å². The van der Waals surface area contributed by atoms with Crippen LogP contribution in [0.4, 0.5) is 4.39 Å². The van der Waals surface area contributed by atoms with Crippen molar-refractivity contribution >= 4 is 5.96 Å². The lowest BCUT2D eigenvalue weighted by Gasteiger charge is -2.13. The van der Waals surface area contributed by atoms with Crippen LogP contribution >= 0.6 is 0 Å². The number of hydrogen-bond acceptors (Lipinski definition) is 3. The third-order valence-corrected chi connectivity index (χ3v) is 4.73. The van der Waals surface area contributed by atoms with Crippen LogP contribution in [0, 0.1) is 5.82 Å². The van der Waals surface area contributed by atoms with E-state index in [2.05, 4.69) is 15.6 Å². The molecule has 1 aromatic rings. The zero-order valence-electron chi connectivity index (χ0n) is 14.8. The van der Waals surface area contributed by atoms with Crippen LogP contribution in [0.3, 0.4) is 0 Å². The van der Waals surface area contributed by atoms with Crippen LogP contribution in [0.15, 0.2) is 29.3 Å². The van der Waals surface area contributed by atoms with Gasteiger partial charge in [0.15, 0.2) is 5.96 Å². The first-order valence-electron chi connectivity index (χ1n) is 9.19. The van der Waals surface area contributed by atoms with Gasteiger partial charge in [0, 0.05) is 38.8 Å². The van der Waals surface area contributed by atoms with E-state index >= 15 is 0 Å². The molecule has 25 heavy (non-hydrogen) atoms. The number of hydrogen-bond donors (Lipinski definition) is 2. The predicted molar refractivity (Wildman–Crippen MR) is 96.5 cm³/mol. The molecule has 1 saturated carbocycles. The Morgan fingerprint density at radius 1 is 1.40 bits per heavy atom. The Morgan fingerprint density at radius 2 is 2.28 bits per heavy atom. The predicted octanol–water partition coefficient (Wildman–Crippen LogP) is 2.43. The minimum Gasteiger partial charge on any atom is -0.379 e. The number of nitrogens with one attached hydrogen (secondary N) is 2. The average Bonchev–Trinajstić information content (AvgIpc) is 3.18. The van der Waals surface area contributed by atoms with Crippen LogP contribution in [0.5, 0.6) is 0 Å². The third kappa shape index (κ3) is 5.41. The minimum absolute atomic E-state index is 0.122. The second-order valence-corrected chi connectivity index (χ2v) is 6.68. The van der Waals surface area contributed by atoms with E-state index in [-0.39, 0.29) is 23.9 Å². The molecule has 5 nitrogen and oxygen atoms in total. The number of aliphatic imine (C=N–C) groups is 1. The number of halogens is 1. The second kappa shape index (κ2) is 9.15. The molecular formula is C19H28FN3O2. The highest BCUT2D eigenvalue weighted by Gasteiger charge is 2.40. The van der Waals surface area contributed by atoms with Gasteiger partial charge in [-0.1, -0.05) is 18.2 Å². The SMILES string of the molecule is CN=C(NCCCOCC1CCCO1)NC1CC1c1ccccc1F. The first-order chi connectivity index (χ1) is 12.3. The maximum absolute atomic E-state index is 13.8. The van der Waals surface area contributed by atoms with Gasteiger partial charge in [-0.15, -0.1) is 0 Å². The third-order valence-electron chi connectivity index (χ3n) is 4.73. The van der Waals surface area contributed by atoms with E-state index in [4.69, 9.17) is 9.47 Å². The molecular weight excluding hydrogens is 321 g/mol. The molecule has 1 aliphatic carbocycles. The second-order valence-electron chi connectivity index (χ2n) is 6.68. The van der Waals surface area contributed by atoms with E-state index < -0.39 is 0 Å². The van der Waals surface area contributed by atoms with Crippen molar-refractivity contribution in [1.29, 1.82) is 0 Å². The Kier molecular flexibility index (Phi) is 6.64. The van der Waals surface area contributed by atoms with Crippen LogP contribution in [0.1, 0.15) is 37.2 Å². The summed E-state index contributed by atoms with van der Waals surface area (Å²) in [7, 11) is 1.75. The lowest BCUT2D eigenvalue weighted by molar-refractivity contribution is 0.0168. The van der Waals surface area contributed by atoms with E-state index in [0.29, 0.717) is 13.2 Å². The lowest BCUT2D eigenvalue weighted by atomic mass is 10.1. The van der Waals surface area contributed by atoms with E-state index in [1.165, 1.54) is 6.07 Å². The van der Waals surface area contributed by atoms with Crippen molar-refractivity contribution in [2.75, 3.05) is 33.4 Å². The molecule has 2 fully saturated rings. The first kappa shape index (κ1) is 18.1. The molecule has 6 heteroatoms. The summed E-state index contributed by atoms with van der Waals surface area (Å²) in [5.41, 5.74) is 0.790. The van der Waals surface area contributed by atoms with Crippen LogP contribution in [0.2, 0.25) is 0 Å². The van der Waals surface area contributed by atoms with Gasteiger partial charge < -0.3 is 20.1 Å². The molecule has 138 valence electrons. The van der Waals surface area contributed by atoms with Gasteiger partial charge in [-0.3, -0.25) is 4.99 Å². The van der Waals surface area contributed by atoms with Crippen LogP contribution in [-0.2, 0) is 9.47 Å². The van der Waals surface area contributed by atoms with E-state index in [0.717, 1.165) is 50.4 Å². The normalized spacial score (nSPS) is 25.8. The largest absolute Gasteiger partial charge is 0.379 e. The fraction of sp³-hybridized carbons (Fsp3) is 0.632. The summed E-state index contributed by atoms with van der Waals surface area (Å²) >= 11 is 0. The van der Waals surface area contributed by atoms with Gasteiger partial charge in [-0.05, 0) is 37.3 Å². The van der Waals surface area contributed by atoms with Crippen molar-refractivity contribution in [2.24, 2.45) is 4.99 Å². The first-order valence-corrected chi connectivity index (χ1v) is 9.19. The summed E-state index contributed by atoms with van der Waals surface area (Å²) in [6.07, 6.45) is 4.39. The van der Waals surface area contributed by atoms with Crippen molar-refractivity contribution in [3.63, 3.8) is 0 Å². The number of nitrogens with zero attached hydrogens (tertiary/aromatic N) is 1. The minimum atomic E-state index is -0.122. The highest BCUT2D eigenvalue weighted by atomic mass is 19.1. The van der Waals surface area contributed by atoms with Gasteiger partial charge in [0.1, 0.15) is 5.82 Å². The molecule has 1 aromatic carbocycles. The number of benzene rings is 1. The van der Waals surface area contributed by atoms with Crippen molar-refractivity contribution < 1.29 is 13.9 Å². The molecule has 0 radical (unpaired) electrons. The maximum atomic E-state index is 13.8. The highest BCUT2D eigenvalue weighted by Crippen LogP contribution is 2.41. The zero-order chi connectivity index (χ0) is 17.5. The summed E-state index contributed by atoms with van der Waals surface area (Å²) in [6, 6.07) is 7.25. The summed E-state index contributed by atoms with van der Waals surface area (Å²) in [4.78, 5) is 4.24. The van der Waals surface area contributed by atoms with Gasteiger partial charge in [-0.25, -0.2) is 4.39 Å². The molecule has 0 bridgehead atoms. The number of guanidine groups is 1. The number of rotatable bonds is 8. The van der Waals surface area contributed by atoms with Crippen LogP contribution in [-0.4, -0.2) is 51.5 Å². The maximum Gasteiger partial charge on any atom is 0.191 e. The molecule has 3 unspecified atom stereocenters. The summed E-state index contributed by atoms with van der Waals surface area (Å²) in [5.74, 6) is 0.876. The smallest absolute Gasteiger partial charge is 0.191 e. The number of ether oxygens (including phenoxy) is 2. The van der Waals surface area contributed by atoms with Gasteiger partial charge in [0.05, 0.1) is 12.7 Å². The molecule has 3 atom stereocenters. The van der Waals surface area contributed by atoms with Crippen molar-refractivity contribution in [3.8, 4) is 0 Å². The molecule has 2 N–H and O–H groups in total. The van der Waals surface area contributed by atoms with E-state index in [1.54, 1.807) is 13.1 Å². The van der Waals surface area contributed by atoms with Crippen molar-refractivity contribution in [2.45, 2.75) is 43.7 Å². The Hall–Kier alpha value is -1.66. The Balaban J connectivity index is 1.29. The molecule has 0 amide bonds. The molecule has 1 heterocycles. The lowest BCUT2D eigenvalue weighted by Crippen LogP contribution is -2.39. The molecule has 0 aromatic heterocycles. The molecule has 1 saturated heterocycles. The van der Waals surface area contributed by atoms with Crippen LogP contribution in [0.25, 0.3) is 0 Å². The summed E-state index contributed by atoms with van der Waals surface area (Å²) in [5, 5.41) is 6.65. The van der Waals surface area contributed by atoms with Crippen LogP contribution < -0.4 is 10.6 Å². The monoisotopic (exact) mass is 349 g/mol. The topological polar surface area (TPSA) is 54.9 Å². The van der Waals surface area contributed by atoms with Gasteiger partial charge in [0.2, 0.25) is 0 Å². The Morgan fingerprint density at radius 3 is 3.04 bits per heavy atom. The summed E-state index contributed by atoms with van der Waals surface area (Å²) in [6.45, 7) is 3.07. The summed E-state index contributed by atoms with van der Waals surface area (Å²) < 4.78 is 25.0. The molecule has 2 aliphatic rings. The zero-order valence-corrected chi connectivity index (χ0v) is 14.8. The molecule has 0 spiro atoms. The van der Waals surface area contributed by atoms with Crippen molar-refractivity contribution in [1.82, 2.24) is 10.6 Å². The van der Waals surface area contributed by atoms with Gasteiger partial charge in [0.25, 0.3) is 0 Å². The molecule has 1 aliphatic heterocycles. The fourth-order valence-electron chi connectivity index (χ4n) is 3.22. The molecule has 3 rings (SSSR count). The standard InChI is InChI=1S/C19H28FN3O2/c1-21-19(22-9-5-10-24-13-14-6-4-11-25-14)23-18-12-16(18)15-7-2-3-8-17(15)20/h2-3,7-8,14,16,18H,4-6,9-13H2,1H3,(H2,21,22,23). The van der Waals surface area contributed by atoms with Gasteiger partial charge in [-0.2, -0.15) is 0 Å². The quantitative estimate of drug-likeness (QED) is 0.430. The highest BCUT2D eigenvalue weighted by molar-refractivity contribution is 5.80. The Bertz CT molecular complexity index is 576. The van der Waals surface area contributed by atoms with E-state index in [9.17, 15) is 4.39 Å². The van der Waals surface area contributed by atoms with Gasteiger partial charge >= 0.3 is 0 Å².